The summed E-state index contributed by atoms with van der Waals surface area (Å²) in [5, 5.41) is 9.14. The number of aromatic nitrogens is 2. The number of nitrogens with zero attached hydrogens (tertiary/aromatic N) is 3. The Morgan fingerprint density at radius 2 is 2.14 bits per heavy atom. The van der Waals surface area contributed by atoms with Crippen molar-refractivity contribution in [3.05, 3.63) is 29.6 Å². The van der Waals surface area contributed by atoms with Gasteiger partial charge < -0.3 is 14.6 Å². The van der Waals surface area contributed by atoms with Gasteiger partial charge in [0.05, 0.1) is 16.6 Å². The van der Waals surface area contributed by atoms with E-state index in [-0.39, 0.29) is 0 Å². The van der Waals surface area contributed by atoms with Gasteiger partial charge in [-0.1, -0.05) is 13.8 Å². The van der Waals surface area contributed by atoms with Crippen molar-refractivity contribution in [2.45, 2.75) is 39.2 Å². The molecule has 22 heavy (non-hydrogen) atoms. The molecular weight excluding hydrogens is 278 g/mol. The second kappa shape index (κ2) is 6.92. The van der Waals surface area contributed by atoms with Crippen molar-refractivity contribution >= 4 is 17.0 Å². The van der Waals surface area contributed by atoms with Gasteiger partial charge in [-0.3, -0.25) is 0 Å². The highest BCUT2D eigenvalue weighted by atomic mass is 16.4. The Labute approximate surface area is 131 Å². The summed E-state index contributed by atoms with van der Waals surface area (Å²) < 4.78 is 2.25. The van der Waals surface area contributed by atoms with E-state index in [4.69, 9.17) is 10.1 Å². The summed E-state index contributed by atoms with van der Waals surface area (Å²) in [6.07, 6.45) is 2.06. The van der Waals surface area contributed by atoms with Crippen LogP contribution in [0.3, 0.4) is 0 Å². The average Bonchev–Trinajstić information content (AvgIpc) is 2.84. The highest BCUT2D eigenvalue weighted by Crippen LogP contribution is 2.25. The van der Waals surface area contributed by atoms with E-state index < -0.39 is 5.97 Å². The second-order valence-electron chi connectivity index (χ2n) is 6.10. The Balaban J connectivity index is 2.42. The van der Waals surface area contributed by atoms with Crippen LogP contribution in [0.5, 0.6) is 0 Å². The molecule has 1 aromatic heterocycles. The summed E-state index contributed by atoms with van der Waals surface area (Å²) in [6.45, 7) is 6.24. The van der Waals surface area contributed by atoms with Crippen LogP contribution in [-0.2, 0) is 6.54 Å². The van der Waals surface area contributed by atoms with Crippen LogP contribution in [0.25, 0.3) is 11.0 Å². The lowest BCUT2D eigenvalue weighted by Crippen LogP contribution is -2.16. The first-order chi connectivity index (χ1) is 10.4. The SMILES string of the molecule is CCC(C)c1nc2cc(C(=O)O)ccc2n1CCCN(C)C. The van der Waals surface area contributed by atoms with Gasteiger partial charge in [0.25, 0.3) is 0 Å². The van der Waals surface area contributed by atoms with Crippen LogP contribution in [-0.4, -0.2) is 46.2 Å². The number of fused-ring (bicyclic) bond motifs is 1. The zero-order valence-electron chi connectivity index (χ0n) is 13.8. The molecule has 0 bridgehead atoms. The molecule has 1 N–H and O–H groups in total. The van der Waals surface area contributed by atoms with E-state index in [1.54, 1.807) is 12.1 Å². The molecule has 120 valence electrons. The lowest BCUT2D eigenvalue weighted by Gasteiger charge is -2.15. The third-order valence-corrected chi connectivity index (χ3v) is 4.06. The van der Waals surface area contributed by atoms with Crippen molar-refractivity contribution in [2.75, 3.05) is 20.6 Å². The third-order valence-electron chi connectivity index (χ3n) is 4.06. The van der Waals surface area contributed by atoms with E-state index in [0.29, 0.717) is 11.5 Å². The molecule has 0 radical (unpaired) electrons. The van der Waals surface area contributed by atoms with Crippen molar-refractivity contribution in [3.8, 4) is 0 Å². The van der Waals surface area contributed by atoms with E-state index in [0.717, 1.165) is 42.8 Å². The van der Waals surface area contributed by atoms with Gasteiger partial charge in [0, 0.05) is 12.5 Å². The zero-order chi connectivity index (χ0) is 16.3. The molecule has 0 spiro atoms. The van der Waals surface area contributed by atoms with E-state index in [9.17, 15) is 4.79 Å². The molecule has 2 rings (SSSR count). The van der Waals surface area contributed by atoms with Crippen molar-refractivity contribution in [1.82, 2.24) is 14.5 Å². The lowest BCUT2D eigenvalue weighted by molar-refractivity contribution is 0.0697. The Kier molecular flexibility index (Phi) is 5.19. The Hall–Kier alpha value is -1.88. The van der Waals surface area contributed by atoms with Gasteiger partial charge >= 0.3 is 5.97 Å². The van der Waals surface area contributed by atoms with E-state index in [1.165, 1.54) is 0 Å². The van der Waals surface area contributed by atoms with Crippen molar-refractivity contribution in [2.24, 2.45) is 0 Å². The molecule has 1 aromatic carbocycles. The predicted molar refractivity (Wildman–Crippen MR) is 88.6 cm³/mol. The number of carboxylic acid groups (broad SMARTS) is 1. The Morgan fingerprint density at radius 3 is 2.73 bits per heavy atom. The molecule has 5 nitrogen and oxygen atoms in total. The number of rotatable bonds is 7. The number of aryl methyl sites for hydroxylation is 1. The molecule has 1 atom stereocenters. The first-order valence-electron chi connectivity index (χ1n) is 7.82. The van der Waals surface area contributed by atoms with Crippen LogP contribution in [0.2, 0.25) is 0 Å². The number of carbonyl (C=O) groups is 1. The second-order valence-corrected chi connectivity index (χ2v) is 6.10. The smallest absolute Gasteiger partial charge is 0.335 e. The quantitative estimate of drug-likeness (QED) is 0.853. The fraction of sp³-hybridized carbons (Fsp3) is 0.529. The van der Waals surface area contributed by atoms with Crippen LogP contribution in [0.15, 0.2) is 18.2 Å². The molecular formula is C17H25N3O2. The molecule has 0 saturated heterocycles. The first kappa shape index (κ1) is 16.5. The van der Waals surface area contributed by atoms with E-state index in [1.807, 2.05) is 6.07 Å². The van der Waals surface area contributed by atoms with Gasteiger partial charge in [0.2, 0.25) is 0 Å². The van der Waals surface area contributed by atoms with Gasteiger partial charge in [-0.25, -0.2) is 9.78 Å². The molecule has 1 heterocycles. The molecule has 0 fully saturated rings. The highest BCUT2D eigenvalue weighted by Gasteiger charge is 2.16. The standard InChI is InChI=1S/C17H25N3O2/c1-5-12(2)16-18-14-11-13(17(21)22)7-8-15(14)20(16)10-6-9-19(3)4/h7-8,11-12H,5-6,9-10H2,1-4H3,(H,21,22). The number of imidazole rings is 1. The molecule has 0 aliphatic carbocycles. The van der Waals surface area contributed by atoms with Gasteiger partial charge in [0.1, 0.15) is 5.82 Å². The van der Waals surface area contributed by atoms with Gasteiger partial charge in [-0.2, -0.15) is 0 Å². The minimum atomic E-state index is -0.908. The largest absolute Gasteiger partial charge is 0.478 e. The molecule has 0 amide bonds. The summed E-state index contributed by atoms with van der Waals surface area (Å²) in [4.78, 5) is 18.0. The number of carboxylic acids is 1. The number of aromatic carboxylic acids is 1. The van der Waals surface area contributed by atoms with Gasteiger partial charge in [-0.15, -0.1) is 0 Å². The minimum absolute atomic E-state index is 0.293. The maximum Gasteiger partial charge on any atom is 0.335 e. The maximum absolute atomic E-state index is 11.1. The summed E-state index contributed by atoms with van der Waals surface area (Å²) in [7, 11) is 4.14. The third kappa shape index (κ3) is 3.47. The van der Waals surface area contributed by atoms with Crippen molar-refractivity contribution in [3.63, 3.8) is 0 Å². The molecule has 0 saturated carbocycles. The summed E-state index contributed by atoms with van der Waals surface area (Å²) in [6, 6.07) is 5.22. The minimum Gasteiger partial charge on any atom is -0.478 e. The van der Waals surface area contributed by atoms with Crippen molar-refractivity contribution in [1.29, 1.82) is 0 Å². The summed E-state index contributed by atoms with van der Waals surface area (Å²) in [5.41, 5.74) is 2.10. The number of hydrogen-bond acceptors (Lipinski definition) is 3. The molecule has 5 heteroatoms. The van der Waals surface area contributed by atoms with Crippen LogP contribution in [0.1, 0.15) is 48.8 Å². The van der Waals surface area contributed by atoms with Crippen LogP contribution >= 0.6 is 0 Å². The number of benzene rings is 1. The Morgan fingerprint density at radius 1 is 1.41 bits per heavy atom. The zero-order valence-corrected chi connectivity index (χ0v) is 13.8. The molecule has 0 aliphatic heterocycles. The monoisotopic (exact) mass is 303 g/mol. The number of hydrogen-bond donors (Lipinski definition) is 1. The topological polar surface area (TPSA) is 58.4 Å². The van der Waals surface area contributed by atoms with Gasteiger partial charge in [-0.05, 0) is 51.7 Å². The fourth-order valence-electron chi connectivity index (χ4n) is 2.62. The van der Waals surface area contributed by atoms with Gasteiger partial charge in [0.15, 0.2) is 0 Å². The molecule has 1 unspecified atom stereocenters. The maximum atomic E-state index is 11.1. The predicted octanol–water partition coefficient (Wildman–Crippen LogP) is 3.20. The van der Waals surface area contributed by atoms with Crippen LogP contribution < -0.4 is 0 Å². The first-order valence-corrected chi connectivity index (χ1v) is 7.82. The van der Waals surface area contributed by atoms with Crippen molar-refractivity contribution < 1.29 is 9.90 Å². The van der Waals surface area contributed by atoms with E-state index in [2.05, 4.69) is 37.4 Å². The molecule has 0 aliphatic rings. The fourth-order valence-corrected chi connectivity index (χ4v) is 2.62. The lowest BCUT2D eigenvalue weighted by atomic mass is 10.1. The Bertz CT molecular complexity index is 661. The summed E-state index contributed by atoms with van der Waals surface area (Å²) in [5.74, 6) is 0.507. The van der Waals surface area contributed by atoms with Crippen LogP contribution in [0, 0.1) is 0 Å². The highest BCUT2D eigenvalue weighted by molar-refractivity contribution is 5.92. The van der Waals surface area contributed by atoms with Crippen LogP contribution in [0.4, 0.5) is 0 Å². The normalized spacial score (nSPS) is 13.0. The summed E-state index contributed by atoms with van der Waals surface area (Å²) >= 11 is 0. The molecule has 2 aromatic rings. The van der Waals surface area contributed by atoms with E-state index >= 15 is 0 Å². The average molecular weight is 303 g/mol.